The highest BCUT2D eigenvalue weighted by Crippen LogP contribution is 2.49. The summed E-state index contributed by atoms with van der Waals surface area (Å²) in [6.45, 7) is 1.65. The third kappa shape index (κ3) is 2.46. The highest BCUT2D eigenvalue weighted by molar-refractivity contribution is 6.42. The Morgan fingerprint density at radius 2 is 1.52 bits per heavy atom. The first kappa shape index (κ1) is 17.2. The molecule has 3 saturated heterocycles. The summed E-state index contributed by atoms with van der Waals surface area (Å²) in [5, 5.41) is 5.01. The summed E-state index contributed by atoms with van der Waals surface area (Å²) in [5.41, 5.74) is 1.54. The molecular formula is C20H17Cl2N3O2. The molecule has 27 heavy (non-hydrogen) atoms. The van der Waals surface area contributed by atoms with Gasteiger partial charge in [-0.15, -0.1) is 0 Å². The summed E-state index contributed by atoms with van der Waals surface area (Å²) in [6.07, 6.45) is 0.987. The van der Waals surface area contributed by atoms with E-state index >= 15 is 0 Å². The van der Waals surface area contributed by atoms with Gasteiger partial charge in [0.25, 0.3) is 5.91 Å². The Kier molecular flexibility index (Phi) is 4.02. The number of halogens is 2. The van der Waals surface area contributed by atoms with Crippen molar-refractivity contribution in [2.45, 2.75) is 18.5 Å². The van der Waals surface area contributed by atoms with Gasteiger partial charge in [0.1, 0.15) is 6.04 Å². The smallest absolute Gasteiger partial charge is 0.253 e. The summed E-state index contributed by atoms with van der Waals surface area (Å²) in [6, 6.07) is 14.3. The summed E-state index contributed by atoms with van der Waals surface area (Å²) >= 11 is 12.1. The molecule has 0 saturated carbocycles. The Hall–Kier alpha value is -1.92. The fourth-order valence-electron chi connectivity index (χ4n) is 4.64. The predicted molar refractivity (Wildman–Crippen MR) is 103 cm³/mol. The molecule has 2 aromatic rings. The van der Waals surface area contributed by atoms with E-state index in [1.54, 1.807) is 18.2 Å². The maximum atomic E-state index is 13.4. The summed E-state index contributed by atoms with van der Waals surface area (Å²) < 4.78 is 0. The number of rotatable bonds is 2. The number of hydrazine groups is 1. The number of hydrogen-bond donors (Lipinski definition) is 0. The van der Waals surface area contributed by atoms with Gasteiger partial charge in [-0.05, 0) is 30.2 Å². The molecule has 0 aromatic heterocycles. The first-order chi connectivity index (χ1) is 13.1. The van der Waals surface area contributed by atoms with Gasteiger partial charge in [-0.3, -0.25) is 9.59 Å². The molecule has 3 aliphatic rings. The lowest BCUT2D eigenvalue weighted by Crippen LogP contribution is -2.44. The molecule has 0 radical (unpaired) electrons. The van der Waals surface area contributed by atoms with Gasteiger partial charge in [0.05, 0.1) is 27.7 Å². The fraction of sp³-hybridized carbons (Fsp3) is 0.300. The minimum absolute atomic E-state index is 0.122. The number of nitrogens with zero attached hydrogens (tertiary/aromatic N) is 3. The number of anilines is 1. The van der Waals surface area contributed by atoms with Gasteiger partial charge in [-0.25, -0.2) is 14.9 Å². The molecule has 2 aromatic carbocycles. The minimum atomic E-state index is -0.459. The van der Waals surface area contributed by atoms with Crippen LogP contribution < -0.4 is 4.90 Å². The van der Waals surface area contributed by atoms with E-state index < -0.39 is 12.0 Å². The van der Waals surface area contributed by atoms with E-state index in [2.05, 4.69) is 10.0 Å². The number of carbonyl (C=O) groups excluding carboxylic acids is 2. The van der Waals surface area contributed by atoms with Crippen molar-refractivity contribution in [3.63, 3.8) is 0 Å². The lowest BCUT2D eigenvalue weighted by Gasteiger charge is -2.29. The average Bonchev–Trinajstić information content (AvgIpc) is 3.31. The molecule has 3 aliphatic heterocycles. The first-order valence-corrected chi connectivity index (χ1v) is 9.74. The molecule has 138 valence electrons. The second-order valence-electron chi connectivity index (χ2n) is 7.12. The normalized spacial score (nSPS) is 28.1. The number of carbonyl (C=O) groups is 2. The lowest BCUT2D eigenvalue weighted by molar-refractivity contribution is -0.126. The van der Waals surface area contributed by atoms with E-state index in [1.165, 1.54) is 4.90 Å². The average molecular weight is 402 g/mol. The topological polar surface area (TPSA) is 43.9 Å². The van der Waals surface area contributed by atoms with Gasteiger partial charge in [0.15, 0.2) is 0 Å². The van der Waals surface area contributed by atoms with Gasteiger partial charge in [0.2, 0.25) is 5.91 Å². The first-order valence-electron chi connectivity index (χ1n) is 8.99. The quantitative estimate of drug-likeness (QED) is 0.721. The molecule has 5 rings (SSSR count). The zero-order chi connectivity index (χ0) is 18.7. The molecule has 7 heteroatoms. The molecule has 5 nitrogen and oxygen atoms in total. The van der Waals surface area contributed by atoms with Crippen LogP contribution in [0.3, 0.4) is 0 Å². The van der Waals surface area contributed by atoms with Crippen LogP contribution in [0.15, 0.2) is 48.5 Å². The number of amides is 2. The summed E-state index contributed by atoms with van der Waals surface area (Å²) in [5.74, 6) is -0.782. The molecule has 3 atom stereocenters. The van der Waals surface area contributed by atoms with Gasteiger partial charge < -0.3 is 0 Å². The van der Waals surface area contributed by atoms with Crippen molar-refractivity contribution in [3.05, 3.63) is 64.1 Å². The summed E-state index contributed by atoms with van der Waals surface area (Å²) in [7, 11) is 0. The van der Waals surface area contributed by atoms with Crippen molar-refractivity contribution < 1.29 is 9.59 Å². The van der Waals surface area contributed by atoms with Crippen LogP contribution >= 0.6 is 23.2 Å². The Labute approximate surface area is 167 Å². The zero-order valence-electron chi connectivity index (χ0n) is 14.4. The maximum absolute atomic E-state index is 13.4. The van der Waals surface area contributed by atoms with Gasteiger partial charge in [0, 0.05) is 13.1 Å². The second kappa shape index (κ2) is 6.31. The maximum Gasteiger partial charge on any atom is 0.253 e. The largest absolute Gasteiger partial charge is 0.274 e. The zero-order valence-corrected chi connectivity index (χ0v) is 15.9. The van der Waals surface area contributed by atoms with Gasteiger partial charge in [-0.2, -0.15) is 0 Å². The van der Waals surface area contributed by atoms with Crippen LogP contribution in [0, 0.1) is 5.92 Å². The van der Waals surface area contributed by atoms with Crippen LogP contribution in [0.4, 0.5) is 5.69 Å². The van der Waals surface area contributed by atoms with Crippen LogP contribution in [0.25, 0.3) is 0 Å². The van der Waals surface area contributed by atoms with Crippen molar-refractivity contribution in [2.24, 2.45) is 5.92 Å². The van der Waals surface area contributed by atoms with E-state index in [4.69, 9.17) is 23.2 Å². The van der Waals surface area contributed by atoms with Gasteiger partial charge >= 0.3 is 0 Å². The molecule has 0 spiro atoms. The van der Waals surface area contributed by atoms with Crippen LogP contribution in [0.2, 0.25) is 10.0 Å². The molecular weight excluding hydrogens is 385 g/mol. The number of benzene rings is 2. The third-order valence-corrected chi connectivity index (χ3v) is 6.45. The van der Waals surface area contributed by atoms with Crippen molar-refractivity contribution in [3.8, 4) is 0 Å². The fourth-order valence-corrected chi connectivity index (χ4v) is 4.93. The Balaban J connectivity index is 1.59. The lowest BCUT2D eigenvalue weighted by atomic mass is 9.90. The molecule has 0 bridgehead atoms. The molecule has 0 N–H and O–H groups in total. The van der Waals surface area contributed by atoms with E-state index in [0.29, 0.717) is 15.7 Å². The third-order valence-electron chi connectivity index (χ3n) is 5.71. The van der Waals surface area contributed by atoms with Crippen molar-refractivity contribution >= 4 is 40.7 Å². The number of fused-ring (bicyclic) bond motifs is 3. The number of hydrogen-bond acceptors (Lipinski definition) is 4. The van der Waals surface area contributed by atoms with E-state index in [0.717, 1.165) is 25.1 Å². The predicted octanol–water partition coefficient (Wildman–Crippen LogP) is 3.53. The second-order valence-corrected chi connectivity index (χ2v) is 7.93. The van der Waals surface area contributed by atoms with Crippen molar-refractivity contribution in [1.82, 2.24) is 10.0 Å². The Bertz CT molecular complexity index is 936. The Morgan fingerprint density at radius 3 is 2.22 bits per heavy atom. The molecule has 3 heterocycles. The highest BCUT2D eigenvalue weighted by Gasteiger charge is 2.62. The monoisotopic (exact) mass is 401 g/mol. The molecule has 3 fully saturated rings. The Morgan fingerprint density at radius 1 is 0.815 bits per heavy atom. The standard InChI is InChI=1S/C20H17Cl2N3O2/c21-14-8-7-13(11-15(14)22)25-19(26)16-17(12-5-2-1-3-6-12)23-9-4-10-24(23)18(16)20(25)27/h1-3,5-8,11,16-18H,4,9-10H2/t16-,17+,18+/m1/s1. The highest BCUT2D eigenvalue weighted by atomic mass is 35.5. The van der Waals surface area contributed by atoms with E-state index in [1.807, 2.05) is 30.3 Å². The SMILES string of the molecule is O=C1[C@H]2[C@@H](C(=O)N1c1ccc(Cl)c(Cl)c1)N1CCCN1[C@H]2c1ccccc1. The van der Waals surface area contributed by atoms with Crippen LogP contribution in [0.1, 0.15) is 18.0 Å². The molecule has 0 unspecified atom stereocenters. The van der Waals surface area contributed by atoms with Crippen molar-refractivity contribution in [2.75, 3.05) is 18.0 Å². The van der Waals surface area contributed by atoms with Crippen LogP contribution in [-0.4, -0.2) is 41.0 Å². The molecule has 2 amide bonds. The van der Waals surface area contributed by atoms with Crippen LogP contribution in [-0.2, 0) is 9.59 Å². The minimum Gasteiger partial charge on any atom is -0.274 e. The van der Waals surface area contributed by atoms with E-state index in [9.17, 15) is 9.59 Å². The van der Waals surface area contributed by atoms with Crippen LogP contribution in [0.5, 0.6) is 0 Å². The van der Waals surface area contributed by atoms with Crippen molar-refractivity contribution in [1.29, 1.82) is 0 Å². The summed E-state index contributed by atoms with van der Waals surface area (Å²) in [4.78, 5) is 27.9. The van der Waals surface area contributed by atoms with Gasteiger partial charge in [-0.1, -0.05) is 53.5 Å². The van der Waals surface area contributed by atoms with E-state index in [-0.39, 0.29) is 17.9 Å². The number of imide groups is 1. The molecule has 0 aliphatic carbocycles.